The highest BCUT2D eigenvalue weighted by Gasteiger charge is 2.46. The summed E-state index contributed by atoms with van der Waals surface area (Å²) in [4.78, 5) is 8.56. The molecule has 0 amide bonds. The second-order valence-electron chi connectivity index (χ2n) is 5.48. The molecule has 4 rings (SSSR count). The van der Waals surface area contributed by atoms with Crippen LogP contribution < -0.4 is 0 Å². The van der Waals surface area contributed by atoms with E-state index in [4.69, 9.17) is 11.6 Å². The van der Waals surface area contributed by atoms with Gasteiger partial charge in [0.25, 0.3) is 0 Å². The van der Waals surface area contributed by atoms with Crippen LogP contribution in [0.25, 0.3) is 0 Å². The van der Waals surface area contributed by atoms with E-state index >= 15 is 0 Å². The second-order valence-corrected chi connectivity index (χ2v) is 5.84. The van der Waals surface area contributed by atoms with Gasteiger partial charge in [0, 0.05) is 11.5 Å². The lowest BCUT2D eigenvalue weighted by Crippen LogP contribution is -2.36. The maximum Gasteiger partial charge on any atom is 0.136 e. The molecular weight excluding hydrogens is 208 g/mol. The van der Waals surface area contributed by atoms with Crippen molar-refractivity contribution in [2.45, 2.75) is 44.9 Å². The van der Waals surface area contributed by atoms with E-state index in [-0.39, 0.29) is 0 Å². The molecule has 2 atom stereocenters. The Morgan fingerprint density at radius 3 is 2.87 bits per heavy atom. The molecule has 0 spiro atoms. The monoisotopic (exact) mass is 222 g/mol. The SMILES string of the molecule is CC1(C)CC2CCC1c1c(Cl)ncnc12. The molecular formula is C12H15ClN2. The quantitative estimate of drug-likeness (QED) is 0.628. The maximum atomic E-state index is 6.21. The van der Waals surface area contributed by atoms with Crippen LogP contribution in [0.15, 0.2) is 6.33 Å². The van der Waals surface area contributed by atoms with E-state index < -0.39 is 0 Å². The van der Waals surface area contributed by atoms with Crippen LogP contribution in [0.3, 0.4) is 0 Å². The van der Waals surface area contributed by atoms with Crippen molar-refractivity contribution in [1.29, 1.82) is 0 Å². The molecule has 1 aromatic rings. The van der Waals surface area contributed by atoms with Gasteiger partial charge in [-0.3, -0.25) is 0 Å². The van der Waals surface area contributed by atoms with E-state index in [9.17, 15) is 0 Å². The minimum atomic E-state index is 0.365. The number of hydrogen-bond acceptors (Lipinski definition) is 2. The Morgan fingerprint density at radius 1 is 1.33 bits per heavy atom. The molecule has 1 heterocycles. The molecule has 0 radical (unpaired) electrons. The molecule has 2 unspecified atom stereocenters. The van der Waals surface area contributed by atoms with Gasteiger partial charge < -0.3 is 0 Å². The van der Waals surface area contributed by atoms with Crippen LogP contribution in [0.2, 0.25) is 5.15 Å². The lowest BCUT2D eigenvalue weighted by atomic mass is 9.57. The molecule has 80 valence electrons. The lowest BCUT2D eigenvalue weighted by molar-refractivity contribution is 0.152. The Balaban J connectivity index is 2.22. The number of fused-ring (bicyclic) bond motifs is 2. The fraction of sp³-hybridized carbons (Fsp3) is 0.667. The van der Waals surface area contributed by atoms with Crippen LogP contribution in [0.5, 0.6) is 0 Å². The van der Waals surface area contributed by atoms with Crippen molar-refractivity contribution >= 4 is 11.6 Å². The number of aromatic nitrogens is 2. The number of nitrogens with zero attached hydrogens (tertiary/aromatic N) is 2. The van der Waals surface area contributed by atoms with Gasteiger partial charge in [-0.25, -0.2) is 9.97 Å². The Kier molecular flexibility index (Phi) is 1.88. The fourth-order valence-electron chi connectivity index (χ4n) is 3.44. The number of halogens is 1. The Labute approximate surface area is 95.1 Å². The van der Waals surface area contributed by atoms with Crippen LogP contribution in [0, 0.1) is 5.41 Å². The first-order valence-electron chi connectivity index (χ1n) is 5.60. The van der Waals surface area contributed by atoms with Crippen molar-refractivity contribution in [3.63, 3.8) is 0 Å². The van der Waals surface area contributed by atoms with Gasteiger partial charge >= 0.3 is 0 Å². The van der Waals surface area contributed by atoms with Gasteiger partial charge in [0.2, 0.25) is 0 Å². The zero-order chi connectivity index (χ0) is 10.6. The molecule has 3 aliphatic rings. The van der Waals surface area contributed by atoms with Crippen molar-refractivity contribution in [1.82, 2.24) is 9.97 Å². The molecule has 3 heteroatoms. The molecule has 15 heavy (non-hydrogen) atoms. The highest BCUT2D eigenvalue weighted by molar-refractivity contribution is 6.30. The number of rotatable bonds is 0. The van der Waals surface area contributed by atoms with E-state index in [1.165, 1.54) is 30.5 Å². The maximum absolute atomic E-state index is 6.21. The minimum Gasteiger partial charge on any atom is -0.241 e. The molecule has 1 fully saturated rings. The Bertz CT molecular complexity index is 414. The van der Waals surface area contributed by atoms with Crippen molar-refractivity contribution in [3.8, 4) is 0 Å². The van der Waals surface area contributed by atoms with E-state index in [0.29, 0.717) is 22.4 Å². The second kappa shape index (κ2) is 2.94. The van der Waals surface area contributed by atoms with Gasteiger partial charge in [-0.1, -0.05) is 25.4 Å². The third-order valence-electron chi connectivity index (χ3n) is 4.12. The summed E-state index contributed by atoms with van der Waals surface area (Å²) in [6.45, 7) is 4.69. The average Bonchev–Trinajstić information content (AvgIpc) is 2.18. The summed E-state index contributed by atoms with van der Waals surface area (Å²) < 4.78 is 0. The van der Waals surface area contributed by atoms with Gasteiger partial charge in [0.05, 0.1) is 5.69 Å². The summed E-state index contributed by atoms with van der Waals surface area (Å²) >= 11 is 6.21. The van der Waals surface area contributed by atoms with Gasteiger partial charge in [0.15, 0.2) is 0 Å². The van der Waals surface area contributed by atoms with Crippen LogP contribution in [0.4, 0.5) is 0 Å². The van der Waals surface area contributed by atoms with Crippen LogP contribution in [0.1, 0.15) is 56.2 Å². The Hall–Kier alpha value is -0.630. The highest BCUT2D eigenvalue weighted by atomic mass is 35.5. The highest BCUT2D eigenvalue weighted by Crippen LogP contribution is 2.58. The van der Waals surface area contributed by atoms with Gasteiger partial charge in [-0.2, -0.15) is 0 Å². The topological polar surface area (TPSA) is 25.8 Å². The summed E-state index contributed by atoms with van der Waals surface area (Å²) in [5.41, 5.74) is 2.84. The van der Waals surface area contributed by atoms with E-state index in [0.717, 1.165) is 0 Å². The van der Waals surface area contributed by atoms with E-state index in [2.05, 4.69) is 23.8 Å². The first-order chi connectivity index (χ1) is 7.09. The molecule has 0 aliphatic heterocycles. The zero-order valence-corrected chi connectivity index (χ0v) is 9.88. The van der Waals surface area contributed by atoms with Crippen LogP contribution in [-0.4, -0.2) is 9.97 Å². The normalized spacial score (nSPS) is 31.4. The largest absolute Gasteiger partial charge is 0.241 e. The third kappa shape index (κ3) is 1.24. The Morgan fingerprint density at radius 2 is 2.13 bits per heavy atom. The molecule has 2 nitrogen and oxygen atoms in total. The molecule has 2 bridgehead atoms. The lowest BCUT2D eigenvalue weighted by Gasteiger charge is -2.48. The summed E-state index contributed by atoms with van der Waals surface area (Å²) in [5.74, 6) is 1.17. The van der Waals surface area contributed by atoms with Gasteiger partial charge in [-0.15, -0.1) is 0 Å². The van der Waals surface area contributed by atoms with Crippen molar-refractivity contribution < 1.29 is 0 Å². The van der Waals surface area contributed by atoms with Gasteiger partial charge in [-0.05, 0) is 30.6 Å². The molecule has 0 aromatic carbocycles. The predicted octanol–water partition coefficient (Wildman–Crippen LogP) is 3.52. The summed E-state index contributed by atoms with van der Waals surface area (Å²) in [7, 11) is 0. The first kappa shape index (κ1) is 9.59. The summed E-state index contributed by atoms with van der Waals surface area (Å²) in [6.07, 6.45) is 5.37. The van der Waals surface area contributed by atoms with Crippen LogP contribution >= 0.6 is 11.6 Å². The van der Waals surface area contributed by atoms with E-state index in [1.54, 1.807) is 6.33 Å². The summed E-state index contributed by atoms with van der Waals surface area (Å²) in [5, 5.41) is 0.683. The molecule has 0 N–H and O–H groups in total. The summed E-state index contributed by atoms with van der Waals surface area (Å²) in [6, 6.07) is 0. The van der Waals surface area contributed by atoms with Gasteiger partial charge in [0.1, 0.15) is 11.5 Å². The fourth-order valence-corrected chi connectivity index (χ4v) is 3.71. The van der Waals surface area contributed by atoms with Crippen molar-refractivity contribution in [3.05, 3.63) is 22.7 Å². The molecule has 0 saturated heterocycles. The van der Waals surface area contributed by atoms with Crippen molar-refractivity contribution in [2.24, 2.45) is 5.41 Å². The van der Waals surface area contributed by atoms with Crippen molar-refractivity contribution in [2.75, 3.05) is 0 Å². The zero-order valence-electron chi connectivity index (χ0n) is 9.13. The standard InChI is InChI=1S/C12H15ClN2/c1-12(2)5-7-3-4-8(12)9-10(7)14-6-15-11(9)13/h6-8H,3-5H2,1-2H3. The molecule has 1 aromatic heterocycles. The minimum absolute atomic E-state index is 0.365. The first-order valence-corrected chi connectivity index (χ1v) is 5.97. The number of hydrogen-bond donors (Lipinski definition) is 0. The molecule has 3 aliphatic carbocycles. The molecule has 1 saturated carbocycles. The average molecular weight is 223 g/mol. The third-order valence-corrected chi connectivity index (χ3v) is 4.42. The van der Waals surface area contributed by atoms with E-state index in [1.807, 2.05) is 0 Å². The smallest absolute Gasteiger partial charge is 0.136 e. The van der Waals surface area contributed by atoms with Crippen LogP contribution in [-0.2, 0) is 0 Å². The predicted molar refractivity (Wildman–Crippen MR) is 60.2 cm³/mol.